The van der Waals surface area contributed by atoms with Crippen molar-refractivity contribution in [1.29, 1.82) is 5.26 Å². The molecule has 0 atom stereocenters. The van der Waals surface area contributed by atoms with Crippen LogP contribution >= 0.6 is 0 Å². The third kappa shape index (κ3) is 2.65. The van der Waals surface area contributed by atoms with Crippen LogP contribution in [0.15, 0.2) is 89.6 Å². The Morgan fingerprint density at radius 2 is 1.37 bits per heavy atom. The largest absolute Gasteiger partial charge is 0.456 e. The summed E-state index contributed by atoms with van der Waals surface area (Å²) in [6.45, 7) is 0. The van der Waals surface area contributed by atoms with E-state index in [0.717, 1.165) is 44.2 Å². The molecule has 0 spiro atoms. The number of hydrogen-bond acceptors (Lipinski definition) is 3. The van der Waals surface area contributed by atoms with Crippen molar-refractivity contribution in [1.82, 2.24) is 4.98 Å². The number of pyridine rings is 1. The van der Waals surface area contributed by atoms with E-state index < -0.39 is 0 Å². The summed E-state index contributed by atoms with van der Waals surface area (Å²) in [5.74, 6) is 0. The zero-order valence-electron chi connectivity index (χ0n) is 14.4. The lowest BCUT2D eigenvalue weighted by Gasteiger charge is -2.05. The van der Waals surface area contributed by atoms with Crippen molar-refractivity contribution in [2.75, 3.05) is 0 Å². The minimum absolute atomic E-state index is 0.564. The molecular weight excluding hydrogens is 332 g/mol. The van der Waals surface area contributed by atoms with Crippen LogP contribution < -0.4 is 0 Å². The topological polar surface area (TPSA) is 49.8 Å². The van der Waals surface area contributed by atoms with Crippen molar-refractivity contribution in [2.45, 2.75) is 0 Å². The summed E-state index contributed by atoms with van der Waals surface area (Å²) in [5, 5.41) is 11.3. The minimum atomic E-state index is 0.564. The summed E-state index contributed by atoms with van der Waals surface area (Å²) in [6.07, 6.45) is 3.35. The smallest absolute Gasteiger partial charge is 0.135 e. The summed E-state index contributed by atoms with van der Waals surface area (Å²) in [6, 6.07) is 26.7. The Morgan fingerprint density at radius 1 is 0.667 bits per heavy atom. The highest BCUT2D eigenvalue weighted by Gasteiger charge is 2.08. The number of nitrogens with zero attached hydrogens (tertiary/aromatic N) is 2. The maximum Gasteiger partial charge on any atom is 0.135 e. The van der Waals surface area contributed by atoms with Crippen molar-refractivity contribution in [2.24, 2.45) is 0 Å². The number of benzene rings is 3. The van der Waals surface area contributed by atoms with E-state index in [1.807, 2.05) is 30.3 Å². The van der Waals surface area contributed by atoms with Crippen LogP contribution in [0.3, 0.4) is 0 Å². The van der Waals surface area contributed by atoms with Gasteiger partial charge in [0, 0.05) is 28.7 Å². The van der Waals surface area contributed by atoms with Crippen molar-refractivity contribution in [3.05, 3.63) is 90.8 Å². The number of hydrogen-bond donors (Lipinski definition) is 0. The van der Waals surface area contributed by atoms with E-state index in [1.165, 1.54) is 0 Å². The molecule has 2 heterocycles. The molecule has 0 saturated carbocycles. The van der Waals surface area contributed by atoms with Gasteiger partial charge < -0.3 is 4.42 Å². The summed E-state index contributed by atoms with van der Waals surface area (Å²) >= 11 is 0. The van der Waals surface area contributed by atoms with E-state index in [9.17, 15) is 0 Å². The van der Waals surface area contributed by atoms with Gasteiger partial charge in [0.2, 0.25) is 0 Å². The van der Waals surface area contributed by atoms with Crippen LogP contribution in [0.2, 0.25) is 0 Å². The van der Waals surface area contributed by atoms with Crippen LogP contribution in [-0.4, -0.2) is 4.98 Å². The highest BCUT2D eigenvalue weighted by molar-refractivity contribution is 6.06. The molecule has 5 rings (SSSR count). The average Bonchev–Trinajstić information content (AvgIpc) is 3.12. The maximum atomic E-state index is 9.05. The standard InChI is InChI=1S/C24H14N2O/c25-13-16-11-20(15-26-14-16)18-7-5-17(6-8-18)19-9-10-24-22(12-19)21-3-1-2-4-23(21)27-24/h1-12,14-15H. The molecule has 0 radical (unpaired) electrons. The number of para-hydroxylation sites is 1. The second kappa shape index (κ2) is 6.12. The van der Waals surface area contributed by atoms with E-state index in [-0.39, 0.29) is 0 Å². The Balaban J connectivity index is 1.56. The third-order valence-electron chi connectivity index (χ3n) is 4.80. The Labute approximate surface area is 156 Å². The fourth-order valence-corrected chi connectivity index (χ4v) is 3.42. The molecule has 3 aromatic carbocycles. The lowest BCUT2D eigenvalue weighted by atomic mass is 9.99. The van der Waals surface area contributed by atoms with Gasteiger partial charge in [-0.1, -0.05) is 48.5 Å². The molecule has 0 aliphatic heterocycles. The Morgan fingerprint density at radius 3 is 2.19 bits per heavy atom. The van der Waals surface area contributed by atoms with Crippen molar-refractivity contribution < 1.29 is 4.42 Å². The van der Waals surface area contributed by atoms with Gasteiger partial charge in [-0.3, -0.25) is 4.98 Å². The zero-order valence-corrected chi connectivity index (χ0v) is 14.4. The Kier molecular flexibility index (Phi) is 3.48. The molecule has 0 N–H and O–H groups in total. The Bertz CT molecular complexity index is 1320. The average molecular weight is 346 g/mol. The van der Waals surface area contributed by atoms with Crippen LogP contribution in [0.25, 0.3) is 44.2 Å². The first-order valence-corrected chi connectivity index (χ1v) is 8.69. The highest BCUT2D eigenvalue weighted by Crippen LogP contribution is 2.33. The lowest BCUT2D eigenvalue weighted by molar-refractivity contribution is 0.669. The fraction of sp³-hybridized carbons (Fsp3) is 0. The first-order valence-electron chi connectivity index (χ1n) is 8.69. The van der Waals surface area contributed by atoms with Gasteiger partial charge >= 0.3 is 0 Å². The van der Waals surface area contributed by atoms with Crippen LogP contribution in [0.4, 0.5) is 0 Å². The summed E-state index contributed by atoms with van der Waals surface area (Å²) in [7, 11) is 0. The van der Waals surface area contributed by atoms with Gasteiger partial charge in [-0.15, -0.1) is 0 Å². The highest BCUT2D eigenvalue weighted by atomic mass is 16.3. The summed E-state index contributed by atoms with van der Waals surface area (Å²) in [4.78, 5) is 4.14. The molecule has 27 heavy (non-hydrogen) atoms. The quantitative estimate of drug-likeness (QED) is 0.383. The van der Waals surface area contributed by atoms with E-state index in [4.69, 9.17) is 9.68 Å². The van der Waals surface area contributed by atoms with Crippen molar-refractivity contribution >= 4 is 21.9 Å². The van der Waals surface area contributed by atoms with E-state index >= 15 is 0 Å². The molecule has 0 amide bonds. The number of nitriles is 1. The van der Waals surface area contributed by atoms with Crippen LogP contribution in [0.1, 0.15) is 5.56 Å². The van der Waals surface area contributed by atoms with E-state index in [1.54, 1.807) is 12.4 Å². The number of rotatable bonds is 2. The normalized spacial score (nSPS) is 10.9. The second-order valence-corrected chi connectivity index (χ2v) is 6.46. The van der Waals surface area contributed by atoms with Crippen LogP contribution in [0, 0.1) is 11.3 Å². The fourth-order valence-electron chi connectivity index (χ4n) is 3.42. The molecule has 5 aromatic rings. The number of aromatic nitrogens is 1. The molecule has 0 aliphatic rings. The number of furan rings is 1. The van der Waals surface area contributed by atoms with Gasteiger partial charge in [0.25, 0.3) is 0 Å². The zero-order chi connectivity index (χ0) is 18.2. The third-order valence-corrected chi connectivity index (χ3v) is 4.80. The van der Waals surface area contributed by atoms with Gasteiger partial charge in [-0.25, -0.2) is 0 Å². The van der Waals surface area contributed by atoms with Gasteiger partial charge in [-0.2, -0.15) is 5.26 Å². The van der Waals surface area contributed by atoms with Crippen molar-refractivity contribution in [3.8, 4) is 28.3 Å². The Hall–Kier alpha value is -3.90. The monoisotopic (exact) mass is 346 g/mol. The predicted octanol–water partition coefficient (Wildman–Crippen LogP) is 6.19. The molecule has 0 aliphatic carbocycles. The van der Waals surface area contributed by atoms with Gasteiger partial charge in [0.15, 0.2) is 0 Å². The first-order chi connectivity index (χ1) is 13.3. The molecule has 126 valence electrons. The minimum Gasteiger partial charge on any atom is -0.456 e. The lowest BCUT2D eigenvalue weighted by Crippen LogP contribution is -1.84. The molecule has 0 bridgehead atoms. The van der Waals surface area contributed by atoms with Gasteiger partial charge in [0.05, 0.1) is 5.56 Å². The van der Waals surface area contributed by atoms with Gasteiger partial charge in [-0.05, 0) is 41.0 Å². The molecule has 2 aromatic heterocycles. The van der Waals surface area contributed by atoms with E-state index in [0.29, 0.717) is 5.56 Å². The van der Waals surface area contributed by atoms with E-state index in [2.05, 4.69) is 53.5 Å². The molecule has 0 unspecified atom stereocenters. The number of fused-ring (bicyclic) bond motifs is 3. The molecule has 3 heteroatoms. The first kappa shape index (κ1) is 15.4. The van der Waals surface area contributed by atoms with Crippen molar-refractivity contribution in [3.63, 3.8) is 0 Å². The SMILES string of the molecule is N#Cc1cncc(-c2ccc(-c3ccc4oc5ccccc5c4c3)cc2)c1. The maximum absolute atomic E-state index is 9.05. The summed E-state index contributed by atoms with van der Waals surface area (Å²) in [5.41, 5.74) is 6.63. The molecular formula is C24H14N2O. The second-order valence-electron chi connectivity index (χ2n) is 6.46. The molecule has 0 fully saturated rings. The van der Waals surface area contributed by atoms with Gasteiger partial charge in [0.1, 0.15) is 17.2 Å². The summed E-state index contributed by atoms with van der Waals surface area (Å²) < 4.78 is 5.91. The molecule has 3 nitrogen and oxygen atoms in total. The van der Waals surface area contributed by atoms with Crippen LogP contribution in [-0.2, 0) is 0 Å². The molecule has 0 saturated heterocycles. The van der Waals surface area contributed by atoms with Crippen LogP contribution in [0.5, 0.6) is 0 Å². The predicted molar refractivity (Wildman–Crippen MR) is 107 cm³/mol.